The number of aryl methyl sites for hydroxylation is 1. The molecule has 0 unspecified atom stereocenters. The molecule has 0 radical (unpaired) electrons. The number of para-hydroxylation sites is 1. The minimum atomic E-state index is -0.213. The first-order chi connectivity index (χ1) is 20.1. The SMILES string of the molecule is Fc1ccc(CCCNC(=S)Nc2nc(N3CCN(c4ccccc4)CC3)cc(N3Cc4ccccc4C3)n2)cc1. The summed E-state index contributed by atoms with van der Waals surface area (Å²) in [5.74, 6) is 2.07. The number of aromatic nitrogens is 2. The highest BCUT2D eigenvalue weighted by Crippen LogP contribution is 2.30. The number of nitrogens with zero attached hydrogens (tertiary/aromatic N) is 5. The molecular formula is C32H34FN7S. The molecule has 4 aromatic rings. The fourth-order valence-corrected chi connectivity index (χ4v) is 5.61. The Bertz CT molecular complexity index is 1450. The molecule has 1 aromatic heterocycles. The van der Waals surface area contributed by atoms with Crippen LogP contribution in [0.15, 0.2) is 84.9 Å². The van der Waals surface area contributed by atoms with E-state index in [0.29, 0.717) is 17.6 Å². The molecule has 0 spiro atoms. The molecule has 0 bridgehead atoms. The predicted octanol–water partition coefficient (Wildman–Crippen LogP) is 5.38. The fraction of sp³-hybridized carbons (Fsp3) is 0.281. The van der Waals surface area contributed by atoms with E-state index in [1.54, 1.807) is 0 Å². The molecule has 3 heterocycles. The van der Waals surface area contributed by atoms with Crippen LogP contribution in [0.2, 0.25) is 0 Å². The highest BCUT2D eigenvalue weighted by Gasteiger charge is 2.24. The van der Waals surface area contributed by atoms with Crippen LogP contribution in [-0.4, -0.2) is 47.8 Å². The average Bonchev–Trinajstić information content (AvgIpc) is 3.45. The molecule has 2 N–H and O–H groups in total. The van der Waals surface area contributed by atoms with Crippen molar-refractivity contribution in [3.63, 3.8) is 0 Å². The minimum Gasteiger partial charge on any atom is -0.368 e. The molecule has 3 aromatic carbocycles. The third-order valence-electron chi connectivity index (χ3n) is 7.66. The van der Waals surface area contributed by atoms with Crippen molar-refractivity contribution >= 4 is 40.6 Å². The summed E-state index contributed by atoms with van der Waals surface area (Å²) in [6, 6.07) is 27.9. The van der Waals surface area contributed by atoms with Gasteiger partial charge in [-0.2, -0.15) is 9.97 Å². The van der Waals surface area contributed by atoms with Gasteiger partial charge in [0.2, 0.25) is 5.95 Å². The summed E-state index contributed by atoms with van der Waals surface area (Å²) in [6.07, 6.45) is 1.72. The Hall–Kier alpha value is -4.24. The van der Waals surface area contributed by atoms with Gasteiger partial charge in [0, 0.05) is 57.6 Å². The Morgan fingerprint density at radius 3 is 2.05 bits per heavy atom. The second-order valence-corrected chi connectivity index (χ2v) is 10.9. The van der Waals surface area contributed by atoms with E-state index in [0.717, 1.165) is 69.3 Å². The molecule has 1 saturated heterocycles. The molecule has 0 atom stereocenters. The molecule has 0 saturated carbocycles. The van der Waals surface area contributed by atoms with E-state index in [9.17, 15) is 4.39 Å². The quantitative estimate of drug-likeness (QED) is 0.217. The lowest BCUT2D eigenvalue weighted by atomic mass is 10.1. The van der Waals surface area contributed by atoms with Crippen LogP contribution in [0.3, 0.4) is 0 Å². The first kappa shape index (κ1) is 27.0. The third kappa shape index (κ3) is 6.74. The highest BCUT2D eigenvalue weighted by atomic mass is 32.1. The zero-order valence-electron chi connectivity index (χ0n) is 23.0. The van der Waals surface area contributed by atoms with E-state index < -0.39 is 0 Å². The number of rotatable bonds is 8. The van der Waals surface area contributed by atoms with Crippen molar-refractivity contribution < 1.29 is 4.39 Å². The summed E-state index contributed by atoms with van der Waals surface area (Å²) in [4.78, 5) is 16.8. The molecule has 0 aliphatic carbocycles. The molecule has 0 amide bonds. The Labute approximate surface area is 246 Å². The standard InChI is InChI=1S/C32H34FN7S/c33-27-14-12-24(13-15-27)7-6-16-34-32(41)37-31-35-29(39-19-17-38(18-20-39)28-10-2-1-3-11-28)21-30(36-31)40-22-25-8-4-5-9-26(25)23-40/h1-5,8-15,21H,6-7,16-20,22-23H2,(H2,34,35,36,37,41). The molecule has 210 valence electrons. The number of fused-ring (bicyclic) bond motifs is 1. The Morgan fingerprint density at radius 2 is 1.37 bits per heavy atom. The Kier molecular flexibility index (Phi) is 8.23. The summed E-state index contributed by atoms with van der Waals surface area (Å²) in [5, 5.41) is 6.99. The normalized spacial score (nSPS) is 14.6. The van der Waals surface area contributed by atoms with Crippen LogP contribution in [-0.2, 0) is 19.5 Å². The number of thiocarbonyl (C=S) groups is 1. The number of piperazine rings is 1. The number of hydrogen-bond donors (Lipinski definition) is 2. The van der Waals surface area contributed by atoms with Gasteiger partial charge in [0.1, 0.15) is 17.5 Å². The lowest BCUT2D eigenvalue weighted by molar-refractivity contribution is 0.626. The van der Waals surface area contributed by atoms with E-state index in [-0.39, 0.29) is 5.82 Å². The maximum absolute atomic E-state index is 13.2. The van der Waals surface area contributed by atoms with Crippen molar-refractivity contribution in [1.82, 2.24) is 15.3 Å². The molecule has 41 heavy (non-hydrogen) atoms. The Balaban J connectivity index is 1.13. The summed E-state index contributed by atoms with van der Waals surface area (Å²) >= 11 is 5.60. The van der Waals surface area contributed by atoms with Gasteiger partial charge in [0.25, 0.3) is 0 Å². The molecular weight excluding hydrogens is 533 g/mol. The van der Waals surface area contributed by atoms with Crippen LogP contribution >= 0.6 is 12.2 Å². The van der Waals surface area contributed by atoms with Crippen molar-refractivity contribution in [2.75, 3.05) is 52.7 Å². The molecule has 1 fully saturated rings. The van der Waals surface area contributed by atoms with E-state index >= 15 is 0 Å². The highest BCUT2D eigenvalue weighted by molar-refractivity contribution is 7.80. The molecule has 6 rings (SSSR count). The van der Waals surface area contributed by atoms with Crippen LogP contribution in [0.1, 0.15) is 23.1 Å². The number of anilines is 4. The molecule has 7 nitrogen and oxygen atoms in total. The lowest BCUT2D eigenvalue weighted by Crippen LogP contribution is -2.47. The molecule has 2 aliphatic rings. The number of benzene rings is 3. The number of halogens is 1. The van der Waals surface area contributed by atoms with Crippen LogP contribution in [0.5, 0.6) is 0 Å². The van der Waals surface area contributed by atoms with E-state index in [1.165, 1.54) is 28.9 Å². The van der Waals surface area contributed by atoms with Gasteiger partial charge in [-0.1, -0.05) is 54.6 Å². The van der Waals surface area contributed by atoms with Gasteiger partial charge in [0.05, 0.1) is 0 Å². The summed E-state index contributed by atoms with van der Waals surface area (Å²) in [6.45, 7) is 5.93. The first-order valence-electron chi connectivity index (χ1n) is 14.2. The van der Waals surface area contributed by atoms with E-state index in [2.05, 4.69) is 86.0 Å². The van der Waals surface area contributed by atoms with Crippen molar-refractivity contribution in [2.45, 2.75) is 25.9 Å². The lowest BCUT2D eigenvalue weighted by Gasteiger charge is -2.37. The smallest absolute Gasteiger partial charge is 0.232 e. The van der Waals surface area contributed by atoms with Gasteiger partial charge in [-0.15, -0.1) is 0 Å². The van der Waals surface area contributed by atoms with Gasteiger partial charge in [-0.05, 0) is 66.0 Å². The summed E-state index contributed by atoms with van der Waals surface area (Å²) < 4.78 is 13.2. The average molecular weight is 568 g/mol. The number of hydrogen-bond acceptors (Lipinski definition) is 6. The van der Waals surface area contributed by atoms with Gasteiger partial charge in [0.15, 0.2) is 5.11 Å². The molecule has 9 heteroatoms. The summed E-state index contributed by atoms with van der Waals surface area (Å²) in [7, 11) is 0. The first-order valence-corrected chi connectivity index (χ1v) is 14.6. The second-order valence-electron chi connectivity index (χ2n) is 10.5. The van der Waals surface area contributed by atoms with E-state index in [4.69, 9.17) is 22.2 Å². The van der Waals surface area contributed by atoms with Gasteiger partial charge in [-0.3, -0.25) is 0 Å². The van der Waals surface area contributed by atoms with Crippen molar-refractivity contribution in [3.05, 3.63) is 107 Å². The zero-order chi connectivity index (χ0) is 28.0. The maximum atomic E-state index is 13.2. The van der Waals surface area contributed by atoms with Crippen molar-refractivity contribution in [3.8, 4) is 0 Å². The fourth-order valence-electron chi connectivity index (χ4n) is 5.42. The van der Waals surface area contributed by atoms with Crippen molar-refractivity contribution in [1.29, 1.82) is 0 Å². The monoisotopic (exact) mass is 567 g/mol. The van der Waals surface area contributed by atoms with Crippen LogP contribution in [0.25, 0.3) is 0 Å². The summed E-state index contributed by atoms with van der Waals surface area (Å²) in [5.41, 5.74) is 5.02. The van der Waals surface area contributed by atoms with Gasteiger partial charge >= 0.3 is 0 Å². The van der Waals surface area contributed by atoms with Crippen LogP contribution in [0, 0.1) is 5.82 Å². The Morgan fingerprint density at radius 1 is 0.756 bits per heavy atom. The van der Waals surface area contributed by atoms with Crippen LogP contribution < -0.4 is 25.3 Å². The van der Waals surface area contributed by atoms with E-state index in [1.807, 2.05) is 12.1 Å². The van der Waals surface area contributed by atoms with Crippen molar-refractivity contribution in [2.24, 2.45) is 0 Å². The van der Waals surface area contributed by atoms with Gasteiger partial charge in [-0.25, -0.2) is 4.39 Å². The zero-order valence-corrected chi connectivity index (χ0v) is 23.8. The van der Waals surface area contributed by atoms with Gasteiger partial charge < -0.3 is 25.3 Å². The number of nitrogens with one attached hydrogen (secondary N) is 2. The van der Waals surface area contributed by atoms with Crippen LogP contribution in [0.4, 0.5) is 27.7 Å². The maximum Gasteiger partial charge on any atom is 0.232 e. The predicted molar refractivity (Wildman–Crippen MR) is 168 cm³/mol. The molecule has 2 aliphatic heterocycles. The largest absolute Gasteiger partial charge is 0.368 e. The topological polar surface area (TPSA) is 59.6 Å². The second kappa shape index (κ2) is 12.5. The third-order valence-corrected chi connectivity index (χ3v) is 7.90. The minimum absolute atomic E-state index is 0.213.